The summed E-state index contributed by atoms with van der Waals surface area (Å²) in [5, 5.41) is 57.7. The third-order valence-electron chi connectivity index (χ3n) is 14.8. The molecule has 25 nitrogen and oxygen atoms in total. The van der Waals surface area contributed by atoms with Crippen LogP contribution in [0.3, 0.4) is 0 Å². The predicted octanol–water partition coefficient (Wildman–Crippen LogP) is -0.251. The summed E-state index contributed by atoms with van der Waals surface area (Å²) in [7, 11) is 0. The quantitative estimate of drug-likeness (QED) is 0.0707. The van der Waals surface area contributed by atoms with Gasteiger partial charge < -0.3 is 73.4 Å². The Morgan fingerprint density at radius 1 is 0.583 bits per heavy atom. The Morgan fingerprint density at radius 2 is 1.12 bits per heavy atom. The first kappa shape index (κ1) is 71.3. The van der Waals surface area contributed by atoms with Gasteiger partial charge in [-0.05, 0) is 68.3 Å². The molecule has 11 unspecified atom stereocenters. The molecular weight excluding hydrogens is 1090 g/mol. The Balaban J connectivity index is 2.15. The first-order chi connectivity index (χ1) is 39.8. The van der Waals surface area contributed by atoms with E-state index < -0.39 is 157 Å². The van der Waals surface area contributed by atoms with Crippen molar-refractivity contribution in [3.63, 3.8) is 0 Å². The number of nitrogens with zero attached hydrogens (tertiary/aromatic N) is 1. The van der Waals surface area contributed by atoms with Crippen molar-refractivity contribution in [2.45, 2.75) is 207 Å². The first-order valence-corrected chi connectivity index (χ1v) is 29.7. The Kier molecular flexibility index (Phi) is 30.5. The molecule has 2 fully saturated rings. The van der Waals surface area contributed by atoms with Gasteiger partial charge in [0.05, 0.1) is 12.6 Å². The zero-order valence-corrected chi connectivity index (χ0v) is 50.6. The van der Waals surface area contributed by atoms with Gasteiger partial charge in [-0.2, -0.15) is 0 Å². The molecule has 2 saturated heterocycles. The second kappa shape index (κ2) is 36.0. The second-order valence-corrected chi connectivity index (χ2v) is 23.2. The third-order valence-corrected chi connectivity index (χ3v) is 14.8. The molecule has 11 amide bonds. The van der Waals surface area contributed by atoms with Crippen molar-refractivity contribution in [3.8, 4) is 0 Å². The molecule has 13 N–H and O–H groups in total. The van der Waals surface area contributed by atoms with Crippen LogP contribution in [0.1, 0.15) is 145 Å². The fourth-order valence-electron chi connectivity index (χ4n) is 9.82. The number of aliphatic hydroxyl groups is 3. The average molecular weight is 1180 g/mol. The number of aliphatic hydroxyl groups excluding tert-OH is 3. The van der Waals surface area contributed by atoms with E-state index in [9.17, 15) is 68.1 Å². The number of rotatable bonds is 17. The molecule has 0 aliphatic carbocycles. The minimum atomic E-state index is -1.52. The van der Waals surface area contributed by atoms with Crippen LogP contribution in [0.25, 0.3) is 0 Å². The maximum Gasteiger partial charge on any atom is 0.270 e. The monoisotopic (exact) mass is 1180 g/mol. The Labute approximate surface area is 493 Å². The zero-order chi connectivity index (χ0) is 62.8. The molecule has 0 radical (unpaired) electrons. The SMILES string of the molecule is CC=C1NC(=O)C(CCO)NC(=O)CC(CCCCC)NC(=O)CNC(=O)C(CC(C)CC)NC(=O)C(C(C)C)NC(=O)C(C(C)C)NC(=O)C(CC(C)C)NC(=O)C(Cc2ccccc2)NC(=O)C(CCO)NC(=O)C2CC(O)CN2C1=O. The number of benzene rings is 1. The smallest absolute Gasteiger partial charge is 0.270 e. The highest BCUT2D eigenvalue weighted by molar-refractivity contribution is 6.02. The summed E-state index contributed by atoms with van der Waals surface area (Å²) in [6, 6.07) is -2.87. The van der Waals surface area contributed by atoms with Gasteiger partial charge in [0.15, 0.2) is 0 Å². The first-order valence-electron chi connectivity index (χ1n) is 29.7. The topological polar surface area (TPSA) is 372 Å². The van der Waals surface area contributed by atoms with Crippen molar-refractivity contribution in [1.82, 2.24) is 58.1 Å². The largest absolute Gasteiger partial charge is 0.396 e. The van der Waals surface area contributed by atoms with Crippen LogP contribution in [0, 0.1) is 23.7 Å². The number of amides is 11. The molecule has 11 atom stereocenters. The summed E-state index contributed by atoms with van der Waals surface area (Å²) < 4.78 is 0. The van der Waals surface area contributed by atoms with Crippen molar-refractivity contribution < 1.29 is 68.1 Å². The van der Waals surface area contributed by atoms with E-state index in [-0.39, 0.29) is 69.0 Å². The van der Waals surface area contributed by atoms with Crippen molar-refractivity contribution in [2.24, 2.45) is 23.7 Å². The zero-order valence-electron chi connectivity index (χ0n) is 50.6. The Bertz CT molecular complexity index is 2420. The molecule has 25 heteroatoms. The number of hydrogen-bond donors (Lipinski definition) is 13. The van der Waals surface area contributed by atoms with Crippen LogP contribution >= 0.6 is 0 Å². The molecule has 470 valence electrons. The van der Waals surface area contributed by atoms with Crippen molar-refractivity contribution in [3.05, 3.63) is 47.7 Å². The summed E-state index contributed by atoms with van der Waals surface area (Å²) in [6.45, 7) is 15.4. The van der Waals surface area contributed by atoms with Crippen LogP contribution < -0.4 is 53.2 Å². The van der Waals surface area contributed by atoms with Crippen LogP contribution in [0.15, 0.2) is 42.1 Å². The van der Waals surface area contributed by atoms with Crippen molar-refractivity contribution in [2.75, 3.05) is 26.3 Å². The summed E-state index contributed by atoms with van der Waals surface area (Å²) in [5.41, 5.74) is 0.238. The fraction of sp³-hybridized carbons (Fsp3) is 0.678. The number of carbonyl (C=O) groups excluding carboxylic acids is 11. The number of fused-ring (bicyclic) bond motifs is 1. The van der Waals surface area contributed by atoms with Crippen LogP contribution in [0.2, 0.25) is 0 Å². The van der Waals surface area contributed by atoms with Crippen molar-refractivity contribution in [1.29, 1.82) is 0 Å². The van der Waals surface area contributed by atoms with Crippen LogP contribution in [-0.4, -0.2) is 172 Å². The lowest BCUT2D eigenvalue weighted by Gasteiger charge is -2.30. The minimum Gasteiger partial charge on any atom is -0.396 e. The summed E-state index contributed by atoms with van der Waals surface area (Å²) >= 11 is 0. The molecule has 3 rings (SSSR count). The van der Waals surface area contributed by atoms with Gasteiger partial charge in [-0.1, -0.05) is 124 Å². The molecule has 0 aromatic heterocycles. The third kappa shape index (κ3) is 23.2. The number of nitrogens with one attached hydrogen (secondary N) is 10. The van der Waals surface area contributed by atoms with Gasteiger partial charge in [-0.3, -0.25) is 52.7 Å². The van der Waals surface area contributed by atoms with Gasteiger partial charge in [0, 0.05) is 45.1 Å². The summed E-state index contributed by atoms with van der Waals surface area (Å²) in [5.74, 6) is -10.2. The number of unbranched alkanes of at least 4 members (excludes halogenated alkanes) is 2. The van der Waals surface area contributed by atoms with E-state index in [1.165, 1.54) is 13.0 Å². The molecule has 84 heavy (non-hydrogen) atoms. The van der Waals surface area contributed by atoms with Gasteiger partial charge in [0.2, 0.25) is 59.1 Å². The summed E-state index contributed by atoms with van der Waals surface area (Å²) in [6.07, 6.45) is 1.93. The lowest BCUT2D eigenvalue weighted by molar-refractivity contribution is -0.138. The van der Waals surface area contributed by atoms with Crippen molar-refractivity contribution >= 4 is 65.0 Å². The molecule has 0 spiro atoms. The second-order valence-electron chi connectivity index (χ2n) is 23.2. The summed E-state index contributed by atoms with van der Waals surface area (Å²) in [4.78, 5) is 156. The van der Waals surface area contributed by atoms with E-state index >= 15 is 0 Å². The average Bonchev–Trinajstić information content (AvgIpc) is 4.11. The van der Waals surface area contributed by atoms with Crippen LogP contribution in [-0.2, 0) is 59.2 Å². The fourth-order valence-corrected chi connectivity index (χ4v) is 9.82. The molecule has 0 bridgehead atoms. The highest BCUT2D eigenvalue weighted by Gasteiger charge is 2.42. The Morgan fingerprint density at radius 3 is 1.69 bits per heavy atom. The van der Waals surface area contributed by atoms with Gasteiger partial charge in [0.1, 0.15) is 54.0 Å². The molecule has 2 aliphatic rings. The normalized spacial score (nSPS) is 26.8. The molecule has 1 aromatic carbocycles. The minimum absolute atomic E-state index is 0.0674. The van der Waals surface area contributed by atoms with E-state index in [0.29, 0.717) is 24.8 Å². The van der Waals surface area contributed by atoms with Gasteiger partial charge in [-0.15, -0.1) is 0 Å². The number of carbonyl (C=O) groups is 11. The molecule has 1 aromatic rings. The van der Waals surface area contributed by atoms with E-state index in [2.05, 4.69) is 53.2 Å². The molecule has 0 saturated carbocycles. The number of hydrogen-bond acceptors (Lipinski definition) is 14. The van der Waals surface area contributed by atoms with E-state index in [1.54, 1.807) is 58.0 Å². The van der Waals surface area contributed by atoms with E-state index in [4.69, 9.17) is 0 Å². The van der Waals surface area contributed by atoms with Gasteiger partial charge >= 0.3 is 0 Å². The van der Waals surface area contributed by atoms with Crippen LogP contribution in [0.5, 0.6) is 0 Å². The maximum absolute atomic E-state index is 14.5. The highest BCUT2D eigenvalue weighted by Crippen LogP contribution is 2.22. The molecule has 2 heterocycles. The lowest BCUT2D eigenvalue weighted by Crippen LogP contribution is -2.62. The highest BCUT2D eigenvalue weighted by atomic mass is 16.3. The maximum atomic E-state index is 14.5. The Hall–Kier alpha value is -6.99. The van der Waals surface area contributed by atoms with Gasteiger partial charge in [-0.25, -0.2) is 0 Å². The van der Waals surface area contributed by atoms with E-state index in [0.717, 1.165) is 17.7 Å². The van der Waals surface area contributed by atoms with Gasteiger partial charge in [0.25, 0.3) is 5.91 Å². The molecular formula is C59H95N11O14. The molecule has 2 aliphatic heterocycles. The predicted molar refractivity (Wildman–Crippen MR) is 312 cm³/mol. The van der Waals surface area contributed by atoms with Crippen LogP contribution in [0.4, 0.5) is 0 Å². The number of allylic oxidation sites excluding steroid dienone is 1. The lowest BCUT2D eigenvalue weighted by atomic mass is 9.96. The standard InChI is InChI=1S/C59H95N11O14/c1-11-14-16-21-38-29-47(74)62-41(22-24-71)52(77)63-40(13-3)59(84)70-32-39(73)30-46(70)56(81)64-42(23-25-72)53(78)66-45(28-37-19-17-15-18-20-37)54(79)65-43(26-33(4)5)55(80)68-50(35(8)9)58(83)69-49(34(6)7)57(82)67-44(27-36(10)12-2)51(76)60-31-48(75)61-38/h13,15,17-20,33-36,38-39,41-46,49-50,71-73H,11-12,14,16,21-32H2,1-10H3,(H,60,76)(H,61,75)(H,62,74)(H,63,77)(H,64,81)(H,65,79)(H,66,78)(H,67,82)(H,68,80)(H,69,83). The van der Waals surface area contributed by atoms with E-state index in [1.807, 2.05) is 34.6 Å².